The number of nitrogens with one attached hydrogen (secondary N) is 2. The van der Waals surface area contributed by atoms with Crippen molar-refractivity contribution in [3.8, 4) is 0 Å². The first-order valence-electron chi connectivity index (χ1n) is 8.96. The highest BCUT2D eigenvalue weighted by Gasteiger charge is 2.06. The van der Waals surface area contributed by atoms with Crippen molar-refractivity contribution in [1.82, 2.24) is 9.97 Å². The molecule has 1 heterocycles. The second-order valence-electron chi connectivity index (χ2n) is 6.49. The lowest BCUT2D eigenvalue weighted by Gasteiger charge is -2.07. The number of H-pyrrole nitrogens is 1. The number of aromatic amines is 1. The van der Waals surface area contributed by atoms with E-state index in [1.54, 1.807) is 6.07 Å². The summed E-state index contributed by atoms with van der Waals surface area (Å²) >= 11 is 0. The Morgan fingerprint density at radius 3 is 2.63 bits per heavy atom. The van der Waals surface area contributed by atoms with Crippen LogP contribution in [0.2, 0.25) is 0 Å². The molecule has 0 saturated carbocycles. The average molecular weight is 357 g/mol. The van der Waals surface area contributed by atoms with Gasteiger partial charge < -0.3 is 10.3 Å². The maximum absolute atomic E-state index is 12.2. The molecule has 3 aromatic carbocycles. The summed E-state index contributed by atoms with van der Waals surface area (Å²) in [5.41, 5.74) is 1.32. The van der Waals surface area contributed by atoms with E-state index >= 15 is 0 Å². The van der Waals surface area contributed by atoms with Crippen LogP contribution in [0.5, 0.6) is 0 Å². The number of anilines is 1. The number of aryl methyl sites for hydroxylation is 1. The lowest BCUT2D eigenvalue weighted by molar-refractivity contribution is -0.116. The number of aromatic nitrogens is 2. The van der Waals surface area contributed by atoms with Crippen molar-refractivity contribution in [3.05, 3.63) is 82.9 Å². The topological polar surface area (TPSA) is 74.8 Å². The monoisotopic (exact) mass is 357 g/mol. The van der Waals surface area contributed by atoms with E-state index in [0.29, 0.717) is 36.0 Å². The van der Waals surface area contributed by atoms with E-state index in [1.807, 2.05) is 60.7 Å². The molecule has 0 radical (unpaired) electrons. The van der Waals surface area contributed by atoms with E-state index in [-0.39, 0.29) is 11.5 Å². The summed E-state index contributed by atoms with van der Waals surface area (Å²) in [5.74, 6) is 0.561. The number of nitrogens with zero attached hydrogens (tertiary/aromatic N) is 1. The van der Waals surface area contributed by atoms with E-state index in [2.05, 4.69) is 15.3 Å². The van der Waals surface area contributed by atoms with Crippen LogP contribution in [0.3, 0.4) is 0 Å². The standard InChI is InChI=1S/C22H19N3O2/c26-21(23-17-13-12-15-6-1-2-7-16(15)14-17)11-5-10-20-24-19-9-4-3-8-18(19)22(27)25-20/h1-4,6-9,12-14H,5,10-11H2,(H,23,26)(H,24,25,27). The summed E-state index contributed by atoms with van der Waals surface area (Å²) in [6.07, 6.45) is 1.52. The Labute approximate surface area is 156 Å². The molecule has 0 aliphatic carbocycles. The second kappa shape index (κ2) is 7.41. The summed E-state index contributed by atoms with van der Waals surface area (Å²) in [5, 5.41) is 5.74. The molecule has 0 spiro atoms. The Bertz CT molecular complexity index is 1180. The van der Waals surface area contributed by atoms with Gasteiger partial charge in [0.15, 0.2) is 0 Å². The van der Waals surface area contributed by atoms with Crippen molar-refractivity contribution in [2.75, 3.05) is 5.32 Å². The number of hydrogen-bond donors (Lipinski definition) is 2. The number of para-hydroxylation sites is 1. The van der Waals surface area contributed by atoms with E-state index in [0.717, 1.165) is 16.5 Å². The van der Waals surface area contributed by atoms with Crippen molar-refractivity contribution < 1.29 is 4.79 Å². The molecule has 0 bridgehead atoms. The van der Waals surface area contributed by atoms with Crippen molar-refractivity contribution in [2.24, 2.45) is 0 Å². The van der Waals surface area contributed by atoms with Gasteiger partial charge >= 0.3 is 0 Å². The summed E-state index contributed by atoms with van der Waals surface area (Å²) in [6.45, 7) is 0. The number of carbonyl (C=O) groups excluding carboxylic acids is 1. The van der Waals surface area contributed by atoms with Crippen LogP contribution in [0.1, 0.15) is 18.7 Å². The predicted octanol–water partition coefficient (Wildman–Crippen LogP) is 4.04. The number of carbonyl (C=O) groups is 1. The maximum Gasteiger partial charge on any atom is 0.258 e. The van der Waals surface area contributed by atoms with E-state index in [4.69, 9.17) is 0 Å². The number of rotatable bonds is 5. The van der Waals surface area contributed by atoms with Gasteiger partial charge in [-0.2, -0.15) is 0 Å². The molecular weight excluding hydrogens is 338 g/mol. The molecule has 0 aliphatic heterocycles. The molecule has 5 heteroatoms. The van der Waals surface area contributed by atoms with E-state index in [9.17, 15) is 9.59 Å². The van der Waals surface area contributed by atoms with Crippen molar-refractivity contribution in [3.63, 3.8) is 0 Å². The maximum atomic E-state index is 12.2. The van der Waals surface area contributed by atoms with Crippen LogP contribution < -0.4 is 10.9 Å². The van der Waals surface area contributed by atoms with Crippen molar-refractivity contribution in [1.29, 1.82) is 0 Å². The summed E-state index contributed by atoms with van der Waals surface area (Å²) in [7, 11) is 0. The van der Waals surface area contributed by atoms with Gasteiger partial charge in [0.25, 0.3) is 5.56 Å². The first kappa shape index (κ1) is 17.0. The molecule has 1 amide bonds. The lowest BCUT2D eigenvalue weighted by Crippen LogP contribution is -2.14. The van der Waals surface area contributed by atoms with Gasteiger partial charge in [-0.15, -0.1) is 0 Å². The third-order valence-corrected chi connectivity index (χ3v) is 4.51. The largest absolute Gasteiger partial charge is 0.326 e. The van der Waals surface area contributed by atoms with E-state index < -0.39 is 0 Å². The smallest absolute Gasteiger partial charge is 0.258 e. The summed E-state index contributed by atoms with van der Waals surface area (Å²) < 4.78 is 0. The molecule has 4 aromatic rings. The van der Waals surface area contributed by atoms with Crippen LogP contribution in [-0.4, -0.2) is 15.9 Å². The number of benzene rings is 3. The third-order valence-electron chi connectivity index (χ3n) is 4.51. The van der Waals surface area contributed by atoms with Gasteiger partial charge in [-0.25, -0.2) is 4.98 Å². The molecule has 4 rings (SSSR count). The normalized spacial score (nSPS) is 11.0. The fourth-order valence-corrected chi connectivity index (χ4v) is 3.16. The Morgan fingerprint density at radius 2 is 1.74 bits per heavy atom. The van der Waals surface area contributed by atoms with Gasteiger partial charge in [-0.3, -0.25) is 9.59 Å². The predicted molar refractivity (Wildman–Crippen MR) is 108 cm³/mol. The highest BCUT2D eigenvalue weighted by Crippen LogP contribution is 2.19. The zero-order chi connectivity index (χ0) is 18.6. The van der Waals surface area contributed by atoms with Gasteiger partial charge in [0.1, 0.15) is 5.82 Å². The average Bonchev–Trinajstić information content (AvgIpc) is 2.68. The molecule has 0 atom stereocenters. The fraction of sp³-hybridized carbons (Fsp3) is 0.136. The van der Waals surface area contributed by atoms with Gasteiger partial charge in [0, 0.05) is 18.5 Å². The first-order valence-corrected chi connectivity index (χ1v) is 8.96. The van der Waals surface area contributed by atoms with Gasteiger partial charge in [-0.1, -0.05) is 42.5 Å². The highest BCUT2D eigenvalue weighted by atomic mass is 16.1. The van der Waals surface area contributed by atoms with Crippen LogP contribution in [0, 0.1) is 0 Å². The molecule has 0 fully saturated rings. The van der Waals surface area contributed by atoms with Gasteiger partial charge in [0.2, 0.25) is 5.91 Å². The zero-order valence-corrected chi connectivity index (χ0v) is 14.7. The Balaban J connectivity index is 1.37. The Hall–Kier alpha value is -3.47. The number of hydrogen-bond acceptors (Lipinski definition) is 3. The summed E-state index contributed by atoms with van der Waals surface area (Å²) in [4.78, 5) is 31.5. The van der Waals surface area contributed by atoms with Gasteiger partial charge in [0.05, 0.1) is 10.9 Å². The molecule has 5 nitrogen and oxygen atoms in total. The molecule has 134 valence electrons. The SMILES string of the molecule is O=C(CCCc1nc2ccccc2c(=O)[nH]1)Nc1ccc2ccccc2c1. The number of amides is 1. The molecular formula is C22H19N3O2. The van der Waals surface area contributed by atoms with Crippen molar-refractivity contribution in [2.45, 2.75) is 19.3 Å². The third kappa shape index (κ3) is 3.87. The van der Waals surface area contributed by atoms with Crippen LogP contribution in [0.4, 0.5) is 5.69 Å². The molecule has 1 aromatic heterocycles. The molecule has 27 heavy (non-hydrogen) atoms. The minimum Gasteiger partial charge on any atom is -0.326 e. The molecule has 2 N–H and O–H groups in total. The number of fused-ring (bicyclic) bond motifs is 2. The minimum atomic E-state index is -0.142. The van der Waals surface area contributed by atoms with E-state index in [1.165, 1.54) is 0 Å². The Kier molecular flexibility index (Phi) is 4.66. The second-order valence-corrected chi connectivity index (χ2v) is 6.49. The van der Waals surface area contributed by atoms with Crippen LogP contribution in [0.25, 0.3) is 21.7 Å². The van der Waals surface area contributed by atoms with Crippen molar-refractivity contribution >= 4 is 33.3 Å². The minimum absolute atomic E-state index is 0.0478. The quantitative estimate of drug-likeness (QED) is 0.566. The summed E-state index contributed by atoms with van der Waals surface area (Å²) in [6, 6.07) is 21.1. The fourth-order valence-electron chi connectivity index (χ4n) is 3.16. The van der Waals surface area contributed by atoms with Crippen LogP contribution in [-0.2, 0) is 11.2 Å². The Morgan fingerprint density at radius 1 is 0.963 bits per heavy atom. The zero-order valence-electron chi connectivity index (χ0n) is 14.7. The first-order chi connectivity index (χ1) is 13.2. The van der Waals surface area contributed by atoms with Crippen LogP contribution in [0.15, 0.2) is 71.5 Å². The van der Waals surface area contributed by atoms with Gasteiger partial charge in [-0.05, 0) is 41.5 Å². The lowest BCUT2D eigenvalue weighted by atomic mass is 10.1. The molecule has 0 unspecified atom stereocenters. The molecule has 0 saturated heterocycles. The van der Waals surface area contributed by atoms with Crippen LogP contribution >= 0.6 is 0 Å². The highest BCUT2D eigenvalue weighted by molar-refractivity contribution is 5.94. The molecule has 0 aliphatic rings.